The molecule has 1 atom stereocenters. The van der Waals surface area contributed by atoms with Crippen LogP contribution in [0.15, 0.2) is 45.4 Å². The Labute approximate surface area is 172 Å². The zero-order valence-corrected chi connectivity index (χ0v) is 18.2. The highest BCUT2D eigenvalue weighted by atomic mass is 32.2. The number of fused-ring (bicyclic) bond motifs is 3. The van der Waals surface area contributed by atoms with Gasteiger partial charge in [0.1, 0.15) is 4.70 Å². The van der Waals surface area contributed by atoms with Crippen LogP contribution >= 0.6 is 11.3 Å². The van der Waals surface area contributed by atoms with Gasteiger partial charge in [-0.2, -0.15) is 0 Å². The Morgan fingerprint density at radius 2 is 1.86 bits per heavy atom. The second-order valence-corrected chi connectivity index (χ2v) is 10.1. The van der Waals surface area contributed by atoms with Crippen LogP contribution in [0.2, 0.25) is 0 Å². The molecule has 0 aliphatic carbocycles. The maximum Gasteiger partial charge on any atom is 0.272 e. The first-order chi connectivity index (χ1) is 13.7. The van der Waals surface area contributed by atoms with Gasteiger partial charge in [-0.25, -0.2) is 8.42 Å². The molecule has 0 spiro atoms. The van der Waals surface area contributed by atoms with Gasteiger partial charge in [-0.05, 0) is 43.1 Å². The summed E-state index contributed by atoms with van der Waals surface area (Å²) in [6, 6.07) is 8.87. The summed E-state index contributed by atoms with van der Waals surface area (Å²) in [6.45, 7) is 2.56. The van der Waals surface area contributed by atoms with Crippen molar-refractivity contribution >= 4 is 37.2 Å². The van der Waals surface area contributed by atoms with Crippen molar-refractivity contribution in [2.24, 2.45) is 7.05 Å². The molecule has 0 radical (unpaired) electrons. The summed E-state index contributed by atoms with van der Waals surface area (Å²) in [7, 11) is 0.459. The first-order valence-electron chi connectivity index (χ1n) is 8.99. The lowest BCUT2D eigenvalue weighted by Crippen LogP contribution is -2.24. The smallest absolute Gasteiger partial charge is 0.272 e. The van der Waals surface area contributed by atoms with Crippen LogP contribution in [0.5, 0.6) is 0 Å². The van der Waals surface area contributed by atoms with Gasteiger partial charge in [-0.15, -0.1) is 21.5 Å². The lowest BCUT2D eigenvalue weighted by Gasteiger charge is -2.24. The topological polar surface area (TPSA) is 89.6 Å². The number of aromatic nitrogens is 4. The van der Waals surface area contributed by atoms with Crippen molar-refractivity contribution in [3.05, 3.63) is 57.5 Å². The van der Waals surface area contributed by atoms with E-state index in [-0.39, 0.29) is 11.6 Å². The maximum absolute atomic E-state index is 12.5. The van der Waals surface area contributed by atoms with Crippen LogP contribution in [0.25, 0.3) is 16.0 Å². The largest absolute Gasteiger partial charge is 0.292 e. The Kier molecular flexibility index (Phi) is 4.80. The van der Waals surface area contributed by atoms with Crippen molar-refractivity contribution in [1.29, 1.82) is 0 Å². The Balaban J connectivity index is 1.67. The molecule has 1 unspecified atom stereocenters. The van der Waals surface area contributed by atoms with E-state index >= 15 is 0 Å². The molecule has 4 rings (SSSR count). The standard InChI is InChI=1S/C19H21N5O3S2/c1-12(13-5-7-14(8-6-13)29(4,26)27)22(2)11-16-20-21-19-23(3)18(25)17-15(24(16)19)9-10-28-17/h5-10,12H,11H2,1-4H3. The van der Waals surface area contributed by atoms with Gasteiger partial charge in [-0.3, -0.25) is 18.7 Å². The minimum Gasteiger partial charge on any atom is -0.292 e. The van der Waals surface area contributed by atoms with Crippen LogP contribution in [0.4, 0.5) is 0 Å². The number of benzene rings is 1. The predicted molar refractivity (Wildman–Crippen MR) is 113 cm³/mol. The molecule has 1 aromatic carbocycles. The zero-order chi connectivity index (χ0) is 20.9. The van der Waals surface area contributed by atoms with Crippen LogP contribution in [0.3, 0.4) is 0 Å². The van der Waals surface area contributed by atoms with Crippen molar-refractivity contribution in [3.8, 4) is 0 Å². The van der Waals surface area contributed by atoms with E-state index in [0.717, 1.165) is 16.9 Å². The molecule has 3 heterocycles. The van der Waals surface area contributed by atoms with Crippen LogP contribution in [-0.4, -0.2) is 45.8 Å². The van der Waals surface area contributed by atoms with E-state index in [1.54, 1.807) is 19.2 Å². The third-order valence-electron chi connectivity index (χ3n) is 5.24. The average molecular weight is 432 g/mol. The average Bonchev–Trinajstić information content (AvgIpc) is 3.32. The van der Waals surface area contributed by atoms with E-state index in [4.69, 9.17) is 0 Å². The third-order valence-corrected chi connectivity index (χ3v) is 7.26. The SMILES string of the molecule is CC(c1ccc(S(C)(=O)=O)cc1)N(C)Cc1nnc2n(C)c(=O)c3sccc3n12. The summed E-state index contributed by atoms with van der Waals surface area (Å²) in [5.74, 6) is 1.25. The molecule has 0 saturated heterocycles. The fourth-order valence-corrected chi connectivity index (χ4v) is 4.84. The van der Waals surface area contributed by atoms with Crippen LogP contribution in [-0.2, 0) is 23.4 Å². The number of rotatable bonds is 5. The Bertz CT molecular complexity index is 1370. The number of hydrogen-bond donors (Lipinski definition) is 0. The van der Waals surface area contributed by atoms with Gasteiger partial charge in [0, 0.05) is 19.3 Å². The molecular formula is C19H21N5O3S2. The molecule has 0 N–H and O–H groups in total. The normalized spacial score (nSPS) is 13.6. The third kappa shape index (κ3) is 3.37. The van der Waals surface area contributed by atoms with Crippen molar-refractivity contribution in [2.75, 3.05) is 13.3 Å². The monoisotopic (exact) mass is 431 g/mol. The Morgan fingerprint density at radius 3 is 2.52 bits per heavy atom. The summed E-state index contributed by atoms with van der Waals surface area (Å²) < 4.78 is 27.4. The highest BCUT2D eigenvalue weighted by Gasteiger charge is 2.19. The van der Waals surface area contributed by atoms with Crippen LogP contribution < -0.4 is 5.56 Å². The lowest BCUT2D eigenvalue weighted by molar-refractivity contribution is 0.246. The molecule has 0 amide bonds. The Hall–Kier alpha value is -2.56. The van der Waals surface area contributed by atoms with Gasteiger partial charge in [-0.1, -0.05) is 12.1 Å². The highest BCUT2D eigenvalue weighted by molar-refractivity contribution is 7.90. The zero-order valence-electron chi connectivity index (χ0n) is 16.5. The van der Waals surface area contributed by atoms with E-state index in [1.165, 1.54) is 22.2 Å². The van der Waals surface area contributed by atoms with Crippen molar-refractivity contribution in [1.82, 2.24) is 24.1 Å². The second-order valence-electron chi connectivity index (χ2n) is 7.18. The number of nitrogens with zero attached hydrogens (tertiary/aromatic N) is 5. The molecule has 152 valence electrons. The lowest BCUT2D eigenvalue weighted by atomic mass is 10.1. The van der Waals surface area contributed by atoms with E-state index < -0.39 is 9.84 Å². The van der Waals surface area contributed by atoms with Gasteiger partial charge in [0.25, 0.3) is 5.56 Å². The first-order valence-corrected chi connectivity index (χ1v) is 11.8. The van der Waals surface area contributed by atoms with E-state index in [1.807, 2.05) is 35.0 Å². The molecule has 0 aliphatic heterocycles. The van der Waals surface area contributed by atoms with E-state index in [2.05, 4.69) is 22.0 Å². The summed E-state index contributed by atoms with van der Waals surface area (Å²) in [6.07, 6.45) is 1.20. The van der Waals surface area contributed by atoms with Gasteiger partial charge in [0.15, 0.2) is 15.7 Å². The van der Waals surface area contributed by atoms with Crippen LogP contribution in [0.1, 0.15) is 24.4 Å². The van der Waals surface area contributed by atoms with Gasteiger partial charge < -0.3 is 0 Å². The number of hydrogen-bond acceptors (Lipinski definition) is 7. The molecule has 0 bridgehead atoms. The molecular weight excluding hydrogens is 410 g/mol. The predicted octanol–water partition coefficient (Wildman–Crippen LogP) is 2.24. The van der Waals surface area contributed by atoms with Gasteiger partial charge in [0.05, 0.1) is 17.0 Å². The molecule has 4 aromatic rings. The first kappa shape index (κ1) is 19.7. The van der Waals surface area contributed by atoms with E-state index in [9.17, 15) is 13.2 Å². The minimum atomic E-state index is -3.22. The molecule has 3 aromatic heterocycles. The van der Waals surface area contributed by atoms with Crippen molar-refractivity contribution in [2.45, 2.75) is 24.4 Å². The maximum atomic E-state index is 12.5. The second kappa shape index (κ2) is 7.05. The van der Waals surface area contributed by atoms with Crippen molar-refractivity contribution < 1.29 is 8.42 Å². The van der Waals surface area contributed by atoms with Crippen LogP contribution in [0, 0.1) is 0 Å². The number of thiophene rings is 1. The minimum absolute atomic E-state index is 0.0291. The Morgan fingerprint density at radius 1 is 1.17 bits per heavy atom. The molecule has 0 fully saturated rings. The molecule has 10 heteroatoms. The molecule has 8 nitrogen and oxygen atoms in total. The summed E-state index contributed by atoms with van der Waals surface area (Å²) >= 11 is 1.41. The number of sulfone groups is 1. The summed E-state index contributed by atoms with van der Waals surface area (Å²) in [5, 5.41) is 10.4. The quantitative estimate of drug-likeness (QED) is 0.481. The fourth-order valence-electron chi connectivity index (χ4n) is 3.36. The summed E-state index contributed by atoms with van der Waals surface area (Å²) in [5.41, 5.74) is 1.74. The summed E-state index contributed by atoms with van der Waals surface area (Å²) in [4.78, 5) is 14.9. The molecule has 0 saturated carbocycles. The molecule has 29 heavy (non-hydrogen) atoms. The molecule has 0 aliphatic rings. The van der Waals surface area contributed by atoms with Crippen molar-refractivity contribution in [3.63, 3.8) is 0 Å². The van der Waals surface area contributed by atoms with Gasteiger partial charge >= 0.3 is 0 Å². The number of aryl methyl sites for hydroxylation is 1. The fraction of sp³-hybridized carbons (Fsp3) is 0.316. The van der Waals surface area contributed by atoms with Gasteiger partial charge in [0.2, 0.25) is 5.78 Å². The highest BCUT2D eigenvalue weighted by Crippen LogP contribution is 2.24. The van der Waals surface area contributed by atoms with E-state index in [0.29, 0.717) is 21.9 Å².